The lowest BCUT2D eigenvalue weighted by molar-refractivity contribution is 0.483. The maximum Gasteiger partial charge on any atom is 0.296 e. The lowest BCUT2D eigenvalue weighted by Gasteiger charge is -2.06. The van der Waals surface area contributed by atoms with Crippen LogP contribution in [0.5, 0.6) is 0 Å². The predicted octanol–water partition coefficient (Wildman–Crippen LogP) is 0.253. The van der Waals surface area contributed by atoms with E-state index in [1.54, 1.807) is 0 Å². The third-order valence-corrected chi connectivity index (χ3v) is 3.42. The highest BCUT2D eigenvalue weighted by Crippen LogP contribution is 2.21. The molecule has 14 heavy (non-hydrogen) atoms. The van der Waals surface area contributed by atoms with Crippen molar-refractivity contribution in [1.29, 1.82) is 0 Å². The maximum absolute atomic E-state index is 11.0. The van der Waals surface area contributed by atoms with Crippen molar-refractivity contribution in [3.05, 3.63) is 18.2 Å². The second kappa shape index (κ2) is 3.77. The Morgan fingerprint density at radius 1 is 1.50 bits per heavy atom. The van der Waals surface area contributed by atoms with Gasteiger partial charge in [-0.25, -0.2) is 0 Å². The Morgan fingerprint density at radius 2 is 2.07 bits per heavy atom. The molecule has 0 fully saturated rings. The minimum atomic E-state index is -4.35. The Labute approximate surface area is 84.9 Å². The van der Waals surface area contributed by atoms with Crippen LogP contribution in [0.2, 0.25) is 0 Å². The van der Waals surface area contributed by atoms with Gasteiger partial charge in [-0.2, -0.15) is 8.42 Å². The van der Waals surface area contributed by atoms with Crippen LogP contribution in [0.3, 0.4) is 0 Å². The first-order chi connectivity index (χ1) is 6.32. The first-order valence-corrected chi connectivity index (χ1v) is 6.52. The lowest BCUT2D eigenvalue weighted by Crippen LogP contribution is -2.06. The zero-order valence-electron chi connectivity index (χ0n) is 7.30. The summed E-state index contributed by atoms with van der Waals surface area (Å²) >= 11 is -1.31. The summed E-state index contributed by atoms with van der Waals surface area (Å²) < 4.78 is 41.4. The van der Waals surface area contributed by atoms with Crippen molar-refractivity contribution in [2.24, 2.45) is 0 Å². The van der Waals surface area contributed by atoms with Crippen molar-refractivity contribution in [3.63, 3.8) is 0 Å². The number of rotatable bonds is 2. The van der Waals surface area contributed by atoms with Gasteiger partial charge in [-0.1, -0.05) is 0 Å². The lowest BCUT2D eigenvalue weighted by atomic mass is 10.3. The highest BCUT2D eigenvalue weighted by atomic mass is 32.2. The molecule has 0 aliphatic heterocycles. The molecule has 0 saturated carbocycles. The van der Waals surface area contributed by atoms with E-state index in [-0.39, 0.29) is 5.69 Å². The molecule has 1 unspecified atom stereocenters. The van der Waals surface area contributed by atoms with Crippen LogP contribution in [0, 0.1) is 0 Å². The summed E-state index contributed by atoms with van der Waals surface area (Å²) in [5.41, 5.74) is 5.27. The highest BCUT2D eigenvalue weighted by molar-refractivity contribution is 7.90. The molecule has 0 aromatic heterocycles. The molecule has 78 valence electrons. The van der Waals surface area contributed by atoms with Crippen molar-refractivity contribution in [2.75, 3.05) is 12.0 Å². The van der Waals surface area contributed by atoms with Crippen LogP contribution in [-0.2, 0) is 21.3 Å². The fourth-order valence-corrected chi connectivity index (χ4v) is 2.18. The molecule has 0 saturated heterocycles. The van der Waals surface area contributed by atoms with Gasteiger partial charge in [0.25, 0.3) is 10.1 Å². The molecule has 0 radical (unpaired) electrons. The van der Waals surface area contributed by atoms with E-state index in [9.17, 15) is 13.0 Å². The summed E-state index contributed by atoms with van der Waals surface area (Å²) in [5, 5.41) is 0. The molecule has 0 aliphatic rings. The predicted molar refractivity (Wildman–Crippen MR) is 53.0 cm³/mol. The fourth-order valence-electron chi connectivity index (χ4n) is 0.917. The molecular formula is C7H9NO4S2. The van der Waals surface area contributed by atoms with Crippen LogP contribution >= 0.6 is 0 Å². The van der Waals surface area contributed by atoms with Gasteiger partial charge >= 0.3 is 0 Å². The van der Waals surface area contributed by atoms with Crippen molar-refractivity contribution in [2.45, 2.75) is 9.79 Å². The number of hydrogen-bond donors (Lipinski definition) is 2. The fraction of sp³-hybridized carbons (Fsp3) is 0.143. The van der Waals surface area contributed by atoms with Crippen molar-refractivity contribution < 1.29 is 17.5 Å². The van der Waals surface area contributed by atoms with Gasteiger partial charge in [0.1, 0.15) is 11.2 Å². The van der Waals surface area contributed by atoms with Gasteiger partial charge in [-0.05, 0) is 23.3 Å². The molecule has 1 atom stereocenters. The molecule has 5 nitrogen and oxygen atoms in total. The number of nitrogen functional groups attached to an aromatic ring is 1. The van der Waals surface area contributed by atoms with Crippen molar-refractivity contribution in [1.82, 2.24) is 0 Å². The van der Waals surface area contributed by atoms with Crippen LogP contribution < -0.4 is 5.73 Å². The standard InChI is InChI=1S/C7H9NO4S2/c1-13(9)5-2-3-6(8)7(4-5)14(10,11)12/h2-4H,8H2,1H3,(H,10,11,12). The van der Waals surface area contributed by atoms with E-state index in [0.29, 0.717) is 4.90 Å². The number of anilines is 1. The quantitative estimate of drug-likeness (QED) is 0.434. The normalized spacial score (nSPS) is 13.9. The third kappa shape index (κ3) is 2.38. The third-order valence-electron chi connectivity index (χ3n) is 1.59. The topological polar surface area (TPSA) is 103 Å². The average Bonchev–Trinajstić information content (AvgIpc) is 2.02. The molecule has 7 heteroatoms. The van der Waals surface area contributed by atoms with E-state index >= 15 is 0 Å². The largest absolute Gasteiger partial charge is 0.612 e. The molecule has 3 N–H and O–H groups in total. The zero-order chi connectivity index (χ0) is 10.9. The Bertz CT molecular complexity index is 441. The molecule has 0 spiro atoms. The van der Waals surface area contributed by atoms with Crippen molar-refractivity contribution >= 4 is 27.0 Å². The highest BCUT2D eigenvalue weighted by Gasteiger charge is 2.17. The Kier molecular flexibility index (Phi) is 3.05. The van der Waals surface area contributed by atoms with Crippen LogP contribution in [0.15, 0.2) is 28.0 Å². The van der Waals surface area contributed by atoms with Gasteiger partial charge in [0.05, 0.1) is 5.69 Å². The van der Waals surface area contributed by atoms with Crippen LogP contribution in [0.4, 0.5) is 5.69 Å². The summed E-state index contributed by atoms with van der Waals surface area (Å²) in [6.45, 7) is 0. The first-order valence-electron chi connectivity index (χ1n) is 3.53. The van der Waals surface area contributed by atoms with Gasteiger partial charge in [-0.15, -0.1) is 0 Å². The number of benzene rings is 1. The molecule has 1 aromatic carbocycles. The molecule has 1 rings (SSSR count). The smallest absolute Gasteiger partial charge is 0.296 e. The summed E-state index contributed by atoms with van der Waals surface area (Å²) in [6.07, 6.45) is 1.40. The van der Waals surface area contributed by atoms with Gasteiger partial charge in [0.2, 0.25) is 0 Å². The van der Waals surface area contributed by atoms with Crippen LogP contribution in [0.1, 0.15) is 0 Å². The van der Waals surface area contributed by atoms with Gasteiger partial charge in [-0.3, -0.25) is 4.55 Å². The average molecular weight is 235 g/mol. The molecular weight excluding hydrogens is 226 g/mol. The van der Waals surface area contributed by atoms with E-state index in [1.807, 2.05) is 0 Å². The minimum absolute atomic E-state index is 0.0679. The second-order valence-corrected chi connectivity index (χ2v) is 5.40. The van der Waals surface area contributed by atoms with Crippen LogP contribution in [-0.4, -0.2) is 23.8 Å². The van der Waals surface area contributed by atoms with E-state index in [2.05, 4.69) is 0 Å². The summed E-state index contributed by atoms with van der Waals surface area (Å²) in [6, 6.07) is 3.83. The SMILES string of the molecule is C[S+]([O-])c1ccc(N)c(S(=O)(=O)O)c1. The van der Waals surface area contributed by atoms with Crippen LogP contribution in [0.25, 0.3) is 0 Å². The molecule has 0 aliphatic carbocycles. The monoisotopic (exact) mass is 235 g/mol. The van der Waals surface area contributed by atoms with E-state index < -0.39 is 26.2 Å². The number of nitrogens with two attached hydrogens (primary N) is 1. The van der Waals surface area contributed by atoms with Gasteiger partial charge in [0, 0.05) is 6.07 Å². The van der Waals surface area contributed by atoms with Gasteiger partial charge < -0.3 is 10.3 Å². The summed E-state index contributed by atoms with van der Waals surface area (Å²) in [7, 11) is -4.35. The van der Waals surface area contributed by atoms with Gasteiger partial charge in [0.15, 0.2) is 4.90 Å². The zero-order valence-corrected chi connectivity index (χ0v) is 8.93. The Morgan fingerprint density at radius 3 is 2.50 bits per heavy atom. The van der Waals surface area contributed by atoms with E-state index in [1.165, 1.54) is 18.4 Å². The molecule has 0 bridgehead atoms. The maximum atomic E-state index is 11.0. The molecule has 0 amide bonds. The second-order valence-electron chi connectivity index (χ2n) is 2.63. The molecule has 1 aromatic rings. The Hall–Kier alpha value is -0.760. The van der Waals surface area contributed by atoms with Crippen molar-refractivity contribution in [3.8, 4) is 0 Å². The Balaban J connectivity index is 3.37. The van der Waals surface area contributed by atoms with E-state index in [0.717, 1.165) is 6.07 Å². The minimum Gasteiger partial charge on any atom is -0.612 e. The molecule has 0 heterocycles. The summed E-state index contributed by atoms with van der Waals surface area (Å²) in [5.74, 6) is 0. The van der Waals surface area contributed by atoms with E-state index in [4.69, 9.17) is 10.3 Å². The summed E-state index contributed by atoms with van der Waals surface area (Å²) in [4.78, 5) is -0.114. The first kappa shape index (κ1) is 11.3. The number of hydrogen-bond acceptors (Lipinski definition) is 4.